The van der Waals surface area contributed by atoms with E-state index in [2.05, 4.69) is 4.84 Å². The number of nitrogens with two attached hydrogens (primary N) is 1. The Kier molecular flexibility index (Phi) is 14.3. The molecule has 0 aliphatic carbocycles. The molecular weight excluding hydrogens is 447 g/mol. The van der Waals surface area contributed by atoms with Crippen LogP contribution in [0.25, 0.3) is 0 Å². The standard InChI is InChI=1S/C16H28N4O8.2ClH/c1-16(2,11-28-20(25)26)15(24)19-7-5-18(6-8-19)9-10-27-13(21)4-3-12(17)14(22)23;;/h12H,3-11,17H2,1-2H3,(H,22,23);2*1H/t12-;;/m0../s1. The first-order chi connectivity index (χ1) is 13.0. The van der Waals surface area contributed by atoms with Crippen LogP contribution in [-0.2, 0) is 24.0 Å². The van der Waals surface area contributed by atoms with E-state index in [1.165, 1.54) is 0 Å². The van der Waals surface area contributed by atoms with Gasteiger partial charge >= 0.3 is 11.9 Å². The number of carbonyl (C=O) groups is 3. The summed E-state index contributed by atoms with van der Waals surface area (Å²) in [5.41, 5.74) is 4.32. The van der Waals surface area contributed by atoms with Gasteiger partial charge in [-0.2, -0.15) is 0 Å². The van der Waals surface area contributed by atoms with Crippen molar-refractivity contribution in [2.24, 2.45) is 11.1 Å². The molecule has 0 aromatic carbocycles. The average molecular weight is 477 g/mol. The lowest BCUT2D eigenvalue weighted by molar-refractivity contribution is -0.760. The summed E-state index contributed by atoms with van der Waals surface area (Å²) >= 11 is 0. The monoisotopic (exact) mass is 476 g/mol. The highest BCUT2D eigenvalue weighted by atomic mass is 35.5. The molecule has 12 nitrogen and oxygen atoms in total. The second kappa shape index (κ2) is 14.2. The summed E-state index contributed by atoms with van der Waals surface area (Å²) in [6, 6.07) is -1.09. The van der Waals surface area contributed by atoms with Crippen LogP contribution in [0.5, 0.6) is 0 Å². The summed E-state index contributed by atoms with van der Waals surface area (Å²) in [6.45, 7) is 5.63. The molecule has 0 radical (unpaired) electrons. The molecule has 0 aromatic heterocycles. The van der Waals surface area contributed by atoms with Gasteiger partial charge < -0.3 is 25.3 Å². The molecule has 3 N–H and O–H groups in total. The van der Waals surface area contributed by atoms with Gasteiger partial charge in [-0.15, -0.1) is 34.9 Å². The number of carboxylic acids is 1. The van der Waals surface area contributed by atoms with Gasteiger partial charge in [-0.25, -0.2) is 0 Å². The zero-order valence-electron chi connectivity index (χ0n) is 17.0. The van der Waals surface area contributed by atoms with E-state index in [1.54, 1.807) is 18.7 Å². The maximum absolute atomic E-state index is 12.5. The van der Waals surface area contributed by atoms with Crippen molar-refractivity contribution in [2.75, 3.05) is 45.9 Å². The summed E-state index contributed by atoms with van der Waals surface area (Å²) in [7, 11) is 0. The molecule has 176 valence electrons. The van der Waals surface area contributed by atoms with E-state index < -0.39 is 28.5 Å². The van der Waals surface area contributed by atoms with Crippen LogP contribution in [0.1, 0.15) is 26.7 Å². The maximum Gasteiger partial charge on any atom is 0.320 e. The van der Waals surface area contributed by atoms with Crippen molar-refractivity contribution in [3.63, 3.8) is 0 Å². The van der Waals surface area contributed by atoms with Gasteiger partial charge in [0.1, 0.15) is 19.3 Å². The molecule has 0 spiro atoms. The minimum atomic E-state index is -1.16. The van der Waals surface area contributed by atoms with E-state index in [0.717, 1.165) is 0 Å². The number of halogens is 2. The Labute approximate surface area is 186 Å². The van der Waals surface area contributed by atoms with Gasteiger partial charge in [-0.05, 0) is 20.3 Å². The Balaban J connectivity index is 0. The number of aliphatic carboxylic acids is 1. The SMILES string of the molecule is CC(C)(CO[N+](=O)[O-])C(=O)N1CCN(CCOC(=O)CC[C@H](N)C(=O)O)CC1.Cl.Cl. The van der Waals surface area contributed by atoms with E-state index in [-0.39, 0.29) is 56.8 Å². The summed E-state index contributed by atoms with van der Waals surface area (Å²) in [6.07, 6.45) is -0.0397. The molecular formula is C16H30Cl2N4O8. The quantitative estimate of drug-likeness (QED) is 0.234. The Morgan fingerprint density at radius 1 is 1.20 bits per heavy atom. The fourth-order valence-corrected chi connectivity index (χ4v) is 2.64. The number of carbonyl (C=O) groups excluding carboxylic acids is 2. The van der Waals surface area contributed by atoms with Crippen LogP contribution < -0.4 is 5.73 Å². The van der Waals surface area contributed by atoms with Crippen LogP contribution in [0.4, 0.5) is 0 Å². The van der Waals surface area contributed by atoms with Gasteiger partial charge in [0.2, 0.25) is 5.91 Å². The van der Waals surface area contributed by atoms with Crippen molar-refractivity contribution in [3.8, 4) is 0 Å². The van der Waals surface area contributed by atoms with Crippen molar-refractivity contribution < 1.29 is 34.2 Å². The molecule has 0 aromatic rings. The molecule has 0 unspecified atom stereocenters. The van der Waals surface area contributed by atoms with E-state index >= 15 is 0 Å². The normalized spacial score (nSPS) is 15.2. The first-order valence-electron chi connectivity index (χ1n) is 8.96. The van der Waals surface area contributed by atoms with Gasteiger partial charge in [-0.3, -0.25) is 19.3 Å². The Morgan fingerprint density at radius 3 is 2.27 bits per heavy atom. The van der Waals surface area contributed by atoms with Crippen molar-refractivity contribution >= 4 is 42.7 Å². The van der Waals surface area contributed by atoms with Gasteiger partial charge in [0.15, 0.2) is 0 Å². The number of piperazine rings is 1. The molecule has 0 saturated carbocycles. The zero-order valence-corrected chi connectivity index (χ0v) is 18.6. The van der Waals surface area contributed by atoms with Crippen LogP contribution in [-0.4, -0.2) is 89.8 Å². The molecule has 1 fully saturated rings. The summed E-state index contributed by atoms with van der Waals surface area (Å²) in [4.78, 5) is 53.0. The van der Waals surface area contributed by atoms with Crippen LogP contribution in [0.15, 0.2) is 0 Å². The maximum atomic E-state index is 12.5. The summed E-state index contributed by atoms with van der Waals surface area (Å²) < 4.78 is 5.07. The third-order valence-electron chi connectivity index (χ3n) is 4.42. The second-order valence-corrected chi connectivity index (χ2v) is 7.22. The van der Waals surface area contributed by atoms with E-state index in [9.17, 15) is 24.5 Å². The minimum absolute atomic E-state index is 0. The first kappa shape index (κ1) is 30.3. The summed E-state index contributed by atoms with van der Waals surface area (Å²) in [5.74, 6) is -1.87. The van der Waals surface area contributed by atoms with Crippen molar-refractivity contribution in [1.29, 1.82) is 0 Å². The van der Waals surface area contributed by atoms with E-state index in [1.807, 2.05) is 4.90 Å². The molecule has 1 aliphatic heterocycles. The lowest BCUT2D eigenvalue weighted by Crippen LogP contribution is -2.53. The number of nitrogens with zero attached hydrogens (tertiary/aromatic N) is 3. The van der Waals surface area contributed by atoms with Crippen molar-refractivity contribution in [1.82, 2.24) is 9.80 Å². The molecule has 0 bridgehead atoms. The lowest BCUT2D eigenvalue weighted by Gasteiger charge is -2.38. The predicted molar refractivity (Wildman–Crippen MR) is 110 cm³/mol. The zero-order chi connectivity index (χ0) is 21.3. The van der Waals surface area contributed by atoms with Gasteiger partial charge in [0.25, 0.3) is 5.09 Å². The number of hydrogen-bond donors (Lipinski definition) is 2. The fraction of sp³-hybridized carbons (Fsp3) is 0.812. The van der Waals surface area contributed by atoms with Gasteiger partial charge in [-0.1, -0.05) is 0 Å². The predicted octanol–water partition coefficient (Wildman–Crippen LogP) is -0.0560. The van der Waals surface area contributed by atoms with Gasteiger partial charge in [0, 0.05) is 39.1 Å². The molecule has 1 atom stereocenters. The molecule has 1 saturated heterocycles. The topological polar surface area (TPSA) is 166 Å². The number of hydrogen-bond acceptors (Lipinski definition) is 9. The molecule has 1 aliphatic rings. The minimum Gasteiger partial charge on any atom is -0.480 e. The molecule has 1 amide bonds. The number of carboxylic acid groups (broad SMARTS) is 1. The highest BCUT2D eigenvalue weighted by Gasteiger charge is 2.34. The largest absolute Gasteiger partial charge is 0.480 e. The molecule has 1 heterocycles. The molecule has 14 heteroatoms. The lowest BCUT2D eigenvalue weighted by atomic mass is 9.92. The van der Waals surface area contributed by atoms with E-state index in [4.69, 9.17) is 15.6 Å². The highest BCUT2D eigenvalue weighted by Crippen LogP contribution is 2.20. The van der Waals surface area contributed by atoms with Crippen LogP contribution in [0.2, 0.25) is 0 Å². The summed E-state index contributed by atoms with van der Waals surface area (Å²) in [5, 5.41) is 18.1. The Bertz CT molecular complexity index is 586. The molecule has 30 heavy (non-hydrogen) atoms. The smallest absolute Gasteiger partial charge is 0.320 e. The van der Waals surface area contributed by atoms with Crippen LogP contribution >= 0.6 is 24.8 Å². The number of ether oxygens (including phenoxy) is 1. The van der Waals surface area contributed by atoms with Gasteiger partial charge in [0.05, 0.1) is 5.41 Å². The Hall–Kier alpha value is -1.89. The third-order valence-corrected chi connectivity index (χ3v) is 4.42. The van der Waals surface area contributed by atoms with Crippen molar-refractivity contribution in [3.05, 3.63) is 10.1 Å². The van der Waals surface area contributed by atoms with Crippen LogP contribution in [0.3, 0.4) is 0 Å². The number of amides is 1. The Morgan fingerprint density at radius 2 is 1.77 bits per heavy atom. The first-order valence-corrected chi connectivity index (χ1v) is 8.96. The average Bonchev–Trinajstić information content (AvgIpc) is 2.64. The molecule has 1 rings (SSSR count). The van der Waals surface area contributed by atoms with E-state index in [0.29, 0.717) is 32.7 Å². The van der Waals surface area contributed by atoms with Crippen LogP contribution in [0, 0.1) is 15.5 Å². The van der Waals surface area contributed by atoms with Crippen molar-refractivity contribution in [2.45, 2.75) is 32.7 Å². The number of esters is 1. The highest BCUT2D eigenvalue weighted by molar-refractivity contribution is 5.85. The second-order valence-electron chi connectivity index (χ2n) is 7.22. The third kappa shape index (κ3) is 10.8. The fourth-order valence-electron chi connectivity index (χ4n) is 2.64. The number of rotatable bonds is 11.